The van der Waals surface area contributed by atoms with E-state index in [1.807, 2.05) is 6.20 Å². The van der Waals surface area contributed by atoms with Gasteiger partial charge in [0.15, 0.2) is 0 Å². The first-order valence-corrected chi connectivity index (χ1v) is 11.5. The summed E-state index contributed by atoms with van der Waals surface area (Å²) in [7, 11) is 0. The zero-order chi connectivity index (χ0) is 22.4. The Kier molecular flexibility index (Phi) is 3.80. The van der Waals surface area contributed by atoms with Crippen molar-refractivity contribution in [1.29, 1.82) is 0 Å². The molecule has 2 nitrogen and oxygen atoms in total. The number of furan rings is 1. The lowest BCUT2D eigenvalue weighted by Gasteiger charge is -2.29. The molecule has 0 bridgehead atoms. The van der Waals surface area contributed by atoms with Crippen molar-refractivity contribution in [3.63, 3.8) is 0 Å². The van der Waals surface area contributed by atoms with Crippen LogP contribution in [0.2, 0.25) is 0 Å². The van der Waals surface area contributed by atoms with E-state index in [1.165, 1.54) is 49.4 Å². The molecule has 0 saturated heterocycles. The summed E-state index contributed by atoms with van der Waals surface area (Å²) in [6.45, 7) is 13.7. The minimum absolute atomic E-state index is 0.185. The Balaban J connectivity index is 1.82. The van der Waals surface area contributed by atoms with E-state index in [4.69, 9.17) is 9.40 Å². The molecule has 6 rings (SSSR count). The fraction of sp³-hybridized carbons (Fsp3) is 0.300. The monoisotopic (exact) mass is 419 g/mol. The quantitative estimate of drug-likeness (QED) is 0.273. The molecule has 0 fully saturated rings. The Morgan fingerprint density at radius 1 is 0.969 bits per heavy atom. The van der Waals surface area contributed by atoms with Crippen LogP contribution >= 0.6 is 0 Å². The molecule has 2 heterocycles. The van der Waals surface area contributed by atoms with Gasteiger partial charge in [-0.25, -0.2) is 0 Å². The summed E-state index contributed by atoms with van der Waals surface area (Å²) in [6.07, 6.45) is 3.01. The van der Waals surface area contributed by atoms with Crippen molar-refractivity contribution in [1.82, 2.24) is 4.98 Å². The number of aryl methyl sites for hydroxylation is 1. The van der Waals surface area contributed by atoms with Crippen LogP contribution in [0, 0.1) is 12.3 Å². The normalized spacial score (nSPS) is 14.9. The fourth-order valence-electron chi connectivity index (χ4n) is 5.70. The molecule has 0 atom stereocenters. The van der Waals surface area contributed by atoms with Crippen molar-refractivity contribution in [2.24, 2.45) is 5.41 Å². The molecule has 0 spiro atoms. The van der Waals surface area contributed by atoms with E-state index in [2.05, 4.69) is 90.1 Å². The van der Waals surface area contributed by atoms with Crippen LogP contribution in [0.1, 0.15) is 56.9 Å². The van der Waals surface area contributed by atoms with Crippen LogP contribution in [0.25, 0.3) is 44.0 Å². The molecule has 1 aliphatic carbocycles. The summed E-state index contributed by atoms with van der Waals surface area (Å²) in [5, 5.41) is 4.97. The molecule has 0 aliphatic heterocycles. The molecule has 0 amide bonds. The fourth-order valence-corrected chi connectivity index (χ4v) is 5.70. The summed E-state index contributed by atoms with van der Waals surface area (Å²) in [6, 6.07) is 17.8. The van der Waals surface area contributed by atoms with Crippen molar-refractivity contribution < 1.29 is 4.42 Å². The van der Waals surface area contributed by atoms with Gasteiger partial charge >= 0.3 is 0 Å². The van der Waals surface area contributed by atoms with E-state index in [0.29, 0.717) is 0 Å². The number of pyridine rings is 1. The Hall–Kier alpha value is -3.13. The molecule has 5 aromatic rings. The number of benzene rings is 3. The van der Waals surface area contributed by atoms with Crippen LogP contribution in [0.5, 0.6) is 0 Å². The maximum atomic E-state index is 6.57. The number of fused-ring (bicyclic) bond motifs is 4. The van der Waals surface area contributed by atoms with Gasteiger partial charge in [0.2, 0.25) is 0 Å². The standard InChI is InChI=1S/C30H29NO/c1-17-10-11-19-16-31-27-20-8-7-9-23-24(20)25-22(30(5,6)26(27)21(19)14-17)13-12-18(28(25)32-23)15-29(2,3)4/h7-14,16H,15H2,1-6H3. The zero-order valence-corrected chi connectivity index (χ0v) is 19.8. The van der Waals surface area contributed by atoms with Gasteiger partial charge in [-0.3, -0.25) is 4.98 Å². The second kappa shape index (κ2) is 6.22. The average molecular weight is 420 g/mol. The van der Waals surface area contributed by atoms with Gasteiger partial charge in [-0.05, 0) is 46.9 Å². The maximum absolute atomic E-state index is 6.57. The maximum Gasteiger partial charge on any atom is 0.138 e. The van der Waals surface area contributed by atoms with Gasteiger partial charge < -0.3 is 4.42 Å². The van der Waals surface area contributed by atoms with Crippen molar-refractivity contribution >= 4 is 32.7 Å². The molecule has 0 N–H and O–H groups in total. The number of nitrogens with zero attached hydrogens (tertiary/aromatic N) is 1. The van der Waals surface area contributed by atoms with Gasteiger partial charge in [0.1, 0.15) is 11.2 Å². The van der Waals surface area contributed by atoms with Gasteiger partial charge in [0.05, 0.1) is 5.69 Å². The first kappa shape index (κ1) is 19.5. The summed E-state index contributed by atoms with van der Waals surface area (Å²) >= 11 is 0. The highest BCUT2D eigenvalue weighted by atomic mass is 16.3. The lowest BCUT2D eigenvalue weighted by atomic mass is 9.74. The second-order valence-electron chi connectivity index (χ2n) is 11.2. The van der Waals surface area contributed by atoms with Crippen molar-refractivity contribution in [2.75, 3.05) is 0 Å². The topological polar surface area (TPSA) is 26.0 Å². The predicted octanol–water partition coefficient (Wildman–Crippen LogP) is 8.34. The molecule has 2 aromatic heterocycles. The SMILES string of the molecule is Cc1ccc2cnc3c(c2c1)C(C)(C)c1ccc(CC(C)(C)C)c2oc4cccc-3c4c12. The Morgan fingerprint density at radius 2 is 1.78 bits per heavy atom. The van der Waals surface area contributed by atoms with Crippen molar-refractivity contribution in [3.8, 4) is 11.3 Å². The van der Waals surface area contributed by atoms with E-state index in [1.54, 1.807) is 0 Å². The van der Waals surface area contributed by atoms with Crippen LogP contribution in [-0.4, -0.2) is 4.98 Å². The van der Waals surface area contributed by atoms with Crippen LogP contribution < -0.4 is 0 Å². The molecular formula is C30H29NO. The molecule has 1 aliphatic rings. The number of rotatable bonds is 1. The molecule has 32 heavy (non-hydrogen) atoms. The van der Waals surface area contributed by atoms with Gasteiger partial charge in [-0.15, -0.1) is 0 Å². The molecule has 2 heteroatoms. The second-order valence-corrected chi connectivity index (χ2v) is 11.2. The zero-order valence-electron chi connectivity index (χ0n) is 19.8. The first-order chi connectivity index (χ1) is 15.1. The molecule has 160 valence electrons. The summed E-state index contributed by atoms with van der Waals surface area (Å²) in [4.78, 5) is 5.05. The van der Waals surface area contributed by atoms with Gasteiger partial charge in [0.25, 0.3) is 0 Å². The minimum atomic E-state index is -0.218. The molecule has 0 saturated carbocycles. The van der Waals surface area contributed by atoms with Crippen molar-refractivity contribution in [2.45, 2.75) is 53.4 Å². The minimum Gasteiger partial charge on any atom is -0.456 e. The van der Waals surface area contributed by atoms with E-state index < -0.39 is 0 Å². The van der Waals surface area contributed by atoms with Crippen LogP contribution in [0.3, 0.4) is 0 Å². The lowest BCUT2D eigenvalue weighted by molar-refractivity contribution is 0.410. The largest absolute Gasteiger partial charge is 0.456 e. The van der Waals surface area contributed by atoms with Crippen LogP contribution in [0.15, 0.2) is 59.1 Å². The third-order valence-corrected chi connectivity index (χ3v) is 7.05. The Bertz CT molecular complexity index is 1560. The molecule has 0 radical (unpaired) electrons. The summed E-state index contributed by atoms with van der Waals surface area (Å²) in [5.41, 5.74) is 9.42. The predicted molar refractivity (Wildman–Crippen MR) is 134 cm³/mol. The van der Waals surface area contributed by atoms with Gasteiger partial charge in [-0.1, -0.05) is 82.6 Å². The van der Waals surface area contributed by atoms with E-state index in [9.17, 15) is 0 Å². The van der Waals surface area contributed by atoms with E-state index in [-0.39, 0.29) is 10.8 Å². The third kappa shape index (κ3) is 2.62. The number of aromatic nitrogens is 1. The smallest absolute Gasteiger partial charge is 0.138 e. The van der Waals surface area contributed by atoms with E-state index in [0.717, 1.165) is 23.3 Å². The van der Waals surface area contributed by atoms with E-state index >= 15 is 0 Å². The first-order valence-electron chi connectivity index (χ1n) is 11.5. The highest BCUT2D eigenvalue weighted by Crippen LogP contribution is 2.51. The molecule has 3 aromatic carbocycles. The average Bonchev–Trinajstić information content (AvgIpc) is 3.08. The highest BCUT2D eigenvalue weighted by Gasteiger charge is 2.36. The number of hydrogen-bond acceptors (Lipinski definition) is 2. The lowest BCUT2D eigenvalue weighted by Crippen LogP contribution is -2.21. The molecule has 0 unspecified atom stereocenters. The van der Waals surface area contributed by atoms with Gasteiger partial charge in [-0.2, -0.15) is 0 Å². The number of hydrogen-bond donors (Lipinski definition) is 0. The molecular weight excluding hydrogens is 390 g/mol. The summed E-state index contributed by atoms with van der Waals surface area (Å²) in [5.74, 6) is 0. The van der Waals surface area contributed by atoms with Crippen molar-refractivity contribution in [3.05, 3.63) is 77.0 Å². The highest BCUT2D eigenvalue weighted by molar-refractivity contribution is 6.17. The van der Waals surface area contributed by atoms with Gasteiger partial charge in [0, 0.05) is 33.3 Å². The van der Waals surface area contributed by atoms with Crippen LogP contribution in [-0.2, 0) is 11.8 Å². The Morgan fingerprint density at radius 3 is 2.56 bits per heavy atom. The Labute approximate surface area is 189 Å². The van der Waals surface area contributed by atoms with Crippen LogP contribution in [0.4, 0.5) is 0 Å². The summed E-state index contributed by atoms with van der Waals surface area (Å²) < 4.78 is 6.57. The third-order valence-electron chi connectivity index (χ3n) is 7.05.